The van der Waals surface area contributed by atoms with Gasteiger partial charge in [0, 0.05) is 6.42 Å². The highest BCUT2D eigenvalue weighted by atomic mass is 31.1. The summed E-state index contributed by atoms with van der Waals surface area (Å²) in [5, 5.41) is 10.0. The van der Waals surface area contributed by atoms with Gasteiger partial charge in [-0.2, -0.15) is 4.52 Å². The Balaban J connectivity index is 1.94. The van der Waals surface area contributed by atoms with Gasteiger partial charge in [0.2, 0.25) is 8.00 Å². The summed E-state index contributed by atoms with van der Waals surface area (Å²) >= 11 is 0. The SMILES string of the molecule is C=[P+]([O-])OC[C@H]1OC2(CC2)C[C@]1(C)O. The molecule has 4 nitrogen and oxygen atoms in total. The topological polar surface area (TPSA) is 61.8 Å². The average molecular weight is 218 g/mol. The molecule has 14 heavy (non-hydrogen) atoms. The van der Waals surface area contributed by atoms with Gasteiger partial charge < -0.3 is 14.7 Å². The Hall–Kier alpha value is 0.01000. The van der Waals surface area contributed by atoms with Gasteiger partial charge in [-0.25, -0.2) is 0 Å². The van der Waals surface area contributed by atoms with Crippen molar-refractivity contribution < 1.29 is 19.3 Å². The normalized spacial score (nSPS) is 40.2. The lowest BCUT2D eigenvalue weighted by Gasteiger charge is -2.21. The molecule has 1 unspecified atom stereocenters. The molecular weight excluding hydrogens is 203 g/mol. The highest BCUT2D eigenvalue weighted by Crippen LogP contribution is 2.53. The zero-order chi connectivity index (χ0) is 10.4. The van der Waals surface area contributed by atoms with Gasteiger partial charge in [-0.05, 0) is 19.8 Å². The number of hydrogen-bond acceptors (Lipinski definition) is 4. The molecule has 2 aliphatic rings. The van der Waals surface area contributed by atoms with Gasteiger partial charge in [-0.3, -0.25) is 0 Å². The van der Waals surface area contributed by atoms with E-state index in [9.17, 15) is 10.00 Å². The molecule has 1 saturated heterocycles. The minimum atomic E-state index is -1.86. The van der Waals surface area contributed by atoms with Crippen molar-refractivity contribution in [3.63, 3.8) is 0 Å². The van der Waals surface area contributed by atoms with Crippen LogP contribution in [-0.4, -0.2) is 35.3 Å². The monoisotopic (exact) mass is 218 g/mol. The summed E-state index contributed by atoms with van der Waals surface area (Å²) in [6.07, 6.45) is 5.55. The molecule has 0 aromatic rings. The maximum atomic E-state index is 10.7. The molecule has 0 radical (unpaired) electrons. The maximum Gasteiger partial charge on any atom is 0.213 e. The second kappa shape index (κ2) is 3.26. The third-order valence-electron chi connectivity index (χ3n) is 2.94. The first-order valence-corrected chi connectivity index (χ1v) is 6.11. The molecule has 2 rings (SSSR count). The van der Waals surface area contributed by atoms with Gasteiger partial charge in [0.05, 0.1) is 11.2 Å². The number of aliphatic hydroxyl groups is 1. The van der Waals surface area contributed by atoms with Crippen molar-refractivity contribution in [1.82, 2.24) is 0 Å². The standard InChI is InChI=1S/C9H15O4P/c1-8(10)6-9(3-4-9)13-7(8)5-12-14(2)11/h7,10H,2-6H2,1H3/t7-,8+/m1/s1. The van der Waals surface area contributed by atoms with Crippen LogP contribution in [0.5, 0.6) is 0 Å². The van der Waals surface area contributed by atoms with Gasteiger partial charge in [0.25, 0.3) is 0 Å². The number of rotatable bonds is 3. The summed E-state index contributed by atoms with van der Waals surface area (Å²) in [6.45, 7) is 1.90. The molecule has 1 aliphatic heterocycles. The van der Waals surface area contributed by atoms with Crippen molar-refractivity contribution in [3.05, 3.63) is 0 Å². The Kier molecular flexibility index (Phi) is 2.45. The van der Waals surface area contributed by atoms with Crippen molar-refractivity contribution in [2.45, 2.75) is 43.5 Å². The van der Waals surface area contributed by atoms with Crippen LogP contribution in [-0.2, 0) is 9.26 Å². The molecule has 1 spiro atoms. The van der Waals surface area contributed by atoms with E-state index in [4.69, 9.17) is 9.26 Å². The summed E-state index contributed by atoms with van der Waals surface area (Å²) in [5.74, 6) is 0. The van der Waals surface area contributed by atoms with Crippen molar-refractivity contribution >= 4 is 14.3 Å². The summed E-state index contributed by atoms with van der Waals surface area (Å²) in [7, 11) is -1.86. The van der Waals surface area contributed by atoms with Crippen molar-refractivity contribution in [1.29, 1.82) is 0 Å². The Morgan fingerprint density at radius 2 is 2.36 bits per heavy atom. The lowest BCUT2D eigenvalue weighted by atomic mass is 9.96. The second-order valence-corrected chi connectivity index (χ2v) is 5.38. The molecular formula is C9H15O4P. The van der Waals surface area contributed by atoms with Gasteiger partial charge in [-0.15, -0.1) is 0 Å². The number of hydrogen-bond donors (Lipinski definition) is 1. The van der Waals surface area contributed by atoms with E-state index < -0.39 is 13.6 Å². The van der Waals surface area contributed by atoms with Crippen molar-refractivity contribution in [2.75, 3.05) is 6.61 Å². The Labute approximate surface area is 84.4 Å². The molecule has 0 bridgehead atoms. The molecule has 1 aliphatic carbocycles. The van der Waals surface area contributed by atoms with E-state index >= 15 is 0 Å². The molecule has 3 atom stereocenters. The lowest BCUT2D eigenvalue weighted by Crippen LogP contribution is -2.37. The lowest BCUT2D eigenvalue weighted by molar-refractivity contribution is -0.176. The van der Waals surface area contributed by atoms with Crippen LogP contribution in [0.15, 0.2) is 0 Å². The van der Waals surface area contributed by atoms with Crippen LogP contribution in [0.3, 0.4) is 0 Å². The van der Waals surface area contributed by atoms with Crippen molar-refractivity contribution in [2.24, 2.45) is 0 Å². The van der Waals surface area contributed by atoms with Gasteiger partial charge in [0.1, 0.15) is 19.0 Å². The molecule has 0 aromatic carbocycles. The highest BCUT2D eigenvalue weighted by molar-refractivity contribution is 7.43. The molecule has 0 aromatic heterocycles. The minimum Gasteiger partial charge on any atom is -0.603 e. The summed E-state index contributed by atoms with van der Waals surface area (Å²) in [4.78, 5) is 10.7. The third kappa shape index (κ3) is 2.00. The maximum absolute atomic E-state index is 10.7. The van der Waals surface area contributed by atoms with Crippen LogP contribution in [0, 0.1) is 0 Å². The van der Waals surface area contributed by atoms with Gasteiger partial charge >= 0.3 is 0 Å². The average Bonchev–Trinajstić information content (AvgIpc) is 2.70. The van der Waals surface area contributed by atoms with Gasteiger partial charge in [0.15, 0.2) is 0 Å². The van der Waals surface area contributed by atoms with E-state index in [2.05, 4.69) is 6.30 Å². The number of ether oxygens (including phenoxy) is 1. The summed E-state index contributed by atoms with van der Waals surface area (Å²) in [5.41, 5.74) is -0.966. The molecule has 2 fully saturated rings. The first kappa shape index (κ1) is 10.5. The van der Waals surface area contributed by atoms with E-state index in [0.29, 0.717) is 6.42 Å². The smallest absolute Gasteiger partial charge is 0.213 e. The van der Waals surface area contributed by atoms with Crippen LogP contribution in [0.2, 0.25) is 0 Å². The van der Waals surface area contributed by atoms with Crippen LogP contribution in [0.1, 0.15) is 26.2 Å². The predicted molar refractivity (Wildman–Crippen MR) is 52.1 cm³/mol. The van der Waals surface area contributed by atoms with Crippen LogP contribution in [0.25, 0.3) is 0 Å². The van der Waals surface area contributed by atoms with Crippen LogP contribution in [0.4, 0.5) is 0 Å². The summed E-state index contributed by atoms with van der Waals surface area (Å²) < 4.78 is 10.6. The molecule has 1 heterocycles. The predicted octanol–water partition coefficient (Wildman–Crippen LogP) is 0.180. The highest BCUT2D eigenvalue weighted by Gasteiger charge is 2.59. The van der Waals surface area contributed by atoms with E-state index in [1.54, 1.807) is 6.92 Å². The molecule has 5 heteroatoms. The Morgan fingerprint density at radius 1 is 1.71 bits per heavy atom. The zero-order valence-corrected chi connectivity index (χ0v) is 9.13. The van der Waals surface area contributed by atoms with Crippen LogP contribution < -0.4 is 4.89 Å². The fourth-order valence-corrected chi connectivity index (χ4v) is 2.34. The summed E-state index contributed by atoms with van der Waals surface area (Å²) in [6, 6.07) is 0. The van der Waals surface area contributed by atoms with E-state index in [1.807, 2.05) is 0 Å². The first-order chi connectivity index (χ1) is 6.44. The van der Waals surface area contributed by atoms with Crippen molar-refractivity contribution in [3.8, 4) is 0 Å². The van der Waals surface area contributed by atoms with Gasteiger partial charge in [-0.1, -0.05) is 0 Å². The first-order valence-electron chi connectivity index (χ1n) is 4.74. The molecule has 80 valence electrons. The largest absolute Gasteiger partial charge is 0.603 e. The fraction of sp³-hybridized carbons (Fsp3) is 0.889. The second-order valence-electron chi connectivity index (χ2n) is 4.45. The van der Waals surface area contributed by atoms with E-state index in [0.717, 1.165) is 12.8 Å². The molecule has 1 saturated carbocycles. The van der Waals surface area contributed by atoms with E-state index in [1.165, 1.54) is 0 Å². The zero-order valence-electron chi connectivity index (χ0n) is 8.23. The quantitative estimate of drug-likeness (QED) is 0.686. The molecule has 0 amide bonds. The Bertz CT molecular complexity index is 260. The van der Waals surface area contributed by atoms with Crippen LogP contribution >= 0.6 is 8.00 Å². The fourth-order valence-electron chi connectivity index (χ4n) is 2.03. The Morgan fingerprint density at radius 3 is 2.79 bits per heavy atom. The van der Waals surface area contributed by atoms with E-state index in [-0.39, 0.29) is 18.3 Å². The molecule has 1 N–H and O–H groups in total. The minimum absolute atomic E-state index is 0.107. The third-order valence-corrected chi connectivity index (χ3v) is 3.38.